The van der Waals surface area contributed by atoms with Crippen LogP contribution in [0, 0.1) is 12.7 Å². The molecule has 0 N–H and O–H groups in total. The van der Waals surface area contributed by atoms with E-state index in [1.165, 1.54) is 31.4 Å². The van der Waals surface area contributed by atoms with Crippen LogP contribution in [0.5, 0.6) is 0 Å². The van der Waals surface area contributed by atoms with Crippen molar-refractivity contribution >= 4 is 5.91 Å². The van der Waals surface area contributed by atoms with Crippen molar-refractivity contribution in [3.63, 3.8) is 0 Å². The van der Waals surface area contributed by atoms with E-state index in [-0.39, 0.29) is 23.0 Å². The van der Waals surface area contributed by atoms with Crippen LogP contribution in [-0.4, -0.2) is 56.8 Å². The lowest BCUT2D eigenvalue weighted by Gasteiger charge is -2.32. The molecule has 0 saturated carbocycles. The first kappa shape index (κ1) is 22.5. The Kier molecular flexibility index (Phi) is 6.28. The smallest absolute Gasteiger partial charge is 0.278 e. The molecule has 0 radical (unpaired) electrons. The molecular weight excluding hydrogens is 437 g/mol. The summed E-state index contributed by atoms with van der Waals surface area (Å²) in [5.41, 5.74) is 3.37. The van der Waals surface area contributed by atoms with E-state index in [1.54, 1.807) is 24.0 Å². The lowest BCUT2D eigenvalue weighted by atomic mass is 9.98. The Labute approximate surface area is 196 Å². The minimum absolute atomic E-state index is 0.113. The average Bonchev–Trinajstić information content (AvgIpc) is 3.28. The van der Waals surface area contributed by atoms with E-state index in [4.69, 9.17) is 4.63 Å². The molecule has 2 aliphatic rings. The summed E-state index contributed by atoms with van der Waals surface area (Å²) < 4.78 is 20.5. The van der Waals surface area contributed by atoms with Gasteiger partial charge in [-0.3, -0.25) is 9.59 Å². The molecule has 0 atom stereocenters. The van der Waals surface area contributed by atoms with Gasteiger partial charge in [0.25, 0.3) is 11.5 Å². The molecular formula is C25H28FN5O3. The molecule has 8 nitrogen and oxygen atoms in total. The number of carbonyl (C=O) groups excluding carboxylic acids is 1. The topological polar surface area (TPSA) is 84.5 Å². The van der Waals surface area contributed by atoms with Crippen LogP contribution in [-0.2, 0) is 19.5 Å². The number of fused-ring (bicyclic) bond motifs is 1. The molecule has 0 aliphatic carbocycles. The fraction of sp³-hybridized carbons (Fsp3) is 0.440. The van der Waals surface area contributed by atoms with Crippen LogP contribution in [0.2, 0.25) is 0 Å². The van der Waals surface area contributed by atoms with Gasteiger partial charge in [-0.05, 0) is 67.3 Å². The van der Waals surface area contributed by atoms with Crippen LogP contribution in [0.3, 0.4) is 0 Å². The minimum Gasteiger partial charge on any atom is -0.332 e. The van der Waals surface area contributed by atoms with Gasteiger partial charge in [-0.2, -0.15) is 0 Å². The summed E-state index contributed by atoms with van der Waals surface area (Å²) in [4.78, 5) is 30.7. The molecule has 0 spiro atoms. The second-order valence-corrected chi connectivity index (χ2v) is 9.07. The largest absolute Gasteiger partial charge is 0.332 e. The van der Waals surface area contributed by atoms with Crippen molar-refractivity contribution < 1.29 is 13.8 Å². The predicted molar refractivity (Wildman–Crippen MR) is 124 cm³/mol. The first-order valence-electron chi connectivity index (χ1n) is 11.8. The number of rotatable bonds is 5. The molecule has 1 fully saturated rings. The molecule has 5 rings (SSSR count). The SMILES string of the molecule is Cc1nonc1C(=O)N1CCc2c(cc(-c3cccc(F)c3)c(=O)n2CCN2CCCCC2)C1. The predicted octanol–water partition coefficient (Wildman–Crippen LogP) is 3.03. The van der Waals surface area contributed by atoms with E-state index in [9.17, 15) is 14.0 Å². The molecule has 0 bridgehead atoms. The highest BCUT2D eigenvalue weighted by molar-refractivity contribution is 5.93. The highest BCUT2D eigenvalue weighted by Gasteiger charge is 2.28. The number of pyridine rings is 1. The Morgan fingerprint density at radius 1 is 1.09 bits per heavy atom. The van der Waals surface area contributed by atoms with Crippen molar-refractivity contribution in [3.05, 3.63) is 69.1 Å². The van der Waals surface area contributed by atoms with Crippen molar-refractivity contribution in [2.45, 2.75) is 45.7 Å². The van der Waals surface area contributed by atoms with Gasteiger partial charge in [0, 0.05) is 43.9 Å². The quantitative estimate of drug-likeness (QED) is 0.576. The summed E-state index contributed by atoms with van der Waals surface area (Å²) in [5, 5.41) is 7.47. The lowest BCUT2D eigenvalue weighted by Crippen LogP contribution is -2.41. The van der Waals surface area contributed by atoms with Crippen LogP contribution < -0.4 is 5.56 Å². The Hall–Kier alpha value is -3.33. The van der Waals surface area contributed by atoms with E-state index in [0.29, 0.717) is 42.9 Å². The molecule has 4 heterocycles. The normalized spacial score (nSPS) is 16.5. The summed E-state index contributed by atoms with van der Waals surface area (Å²) in [6, 6.07) is 7.92. The molecule has 0 unspecified atom stereocenters. The van der Waals surface area contributed by atoms with Crippen LogP contribution in [0.25, 0.3) is 11.1 Å². The van der Waals surface area contributed by atoms with E-state index >= 15 is 0 Å². The fourth-order valence-electron chi connectivity index (χ4n) is 4.99. The number of benzene rings is 1. The number of aromatic nitrogens is 3. The van der Waals surface area contributed by atoms with E-state index in [0.717, 1.165) is 30.9 Å². The minimum atomic E-state index is -0.389. The fourth-order valence-corrected chi connectivity index (χ4v) is 4.99. The van der Waals surface area contributed by atoms with Crippen molar-refractivity contribution in [3.8, 4) is 11.1 Å². The number of hydrogen-bond acceptors (Lipinski definition) is 6. The molecule has 9 heteroatoms. The second kappa shape index (κ2) is 9.50. The summed E-state index contributed by atoms with van der Waals surface area (Å²) in [6.45, 7) is 5.97. The molecule has 2 aromatic heterocycles. The molecule has 1 aromatic carbocycles. The molecule has 1 amide bonds. The monoisotopic (exact) mass is 465 g/mol. The van der Waals surface area contributed by atoms with Gasteiger partial charge in [0.1, 0.15) is 11.5 Å². The zero-order valence-electron chi connectivity index (χ0n) is 19.3. The van der Waals surface area contributed by atoms with Crippen molar-refractivity contribution in [1.82, 2.24) is 24.7 Å². The van der Waals surface area contributed by atoms with Crippen molar-refractivity contribution in [2.75, 3.05) is 26.2 Å². The van der Waals surface area contributed by atoms with Gasteiger partial charge in [-0.25, -0.2) is 9.02 Å². The Morgan fingerprint density at radius 3 is 2.65 bits per heavy atom. The highest BCUT2D eigenvalue weighted by atomic mass is 19.1. The number of piperidine rings is 1. The zero-order valence-corrected chi connectivity index (χ0v) is 19.3. The Bertz CT molecular complexity index is 1260. The first-order valence-corrected chi connectivity index (χ1v) is 11.8. The van der Waals surface area contributed by atoms with Gasteiger partial charge in [0.05, 0.1) is 0 Å². The molecule has 34 heavy (non-hydrogen) atoms. The summed E-state index contributed by atoms with van der Waals surface area (Å²) in [7, 11) is 0. The van der Waals surface area contributed by atoms with E-state index < -0.39 is 0 Å². The highest BCUT2D eigenvalue weighted by Crippen LogP contribution is 2.25. The molecule has 2 aliphatic heterocycles. The number of hydrogen-bond donors (Lipinski definition) is 0. The molecule has 1 saturated heterocycles. The van der Waals surface area contributed by atoms with Crippen LogP contribution in [0.4, 0.5) is 4.39 Å². The lowest BCUT2D eigenvalue weighted by molar-refractivity contribution is 0.0720. The zero-order chi connectivity index (χ0) is 23.7. The first-order chi connectivity index (χ1) is 16.5. The Balaban J connectivity index is 1.51. The average molecular weight is 466 g/mol. The van der Waals surface area contributed by atoms with E-state index in [1.807, 2.05) is 10.6 Å². The number of nitrogens with zero attached hydrogens (tertiary/aromatic N) is 5. The number of halogens is 1. The third-order valence-electron chi connectivity index (χ3n) is 6.84. The van der Waals surface area contributed by atoms with Gasteiger partial charge < -0.3 is 14.4 Å². The number of carbonyl (C=O) groups is 1. The standard InChI is InChI=1S/C25H28FN5O3/c1-17-23(28-34-27-17)25(33)30-11-8-22-19(16-30)15-21(18-6-5-7-20(26)14-18)24(32)31(22)13-12-29-9-3-2-4-10-29/h5-7,14-15H,2-4,8-13,16H2,1H3. The third-order valence-corrected chi connectivity index (χ3v) is 6.84. The van der Waals surface area contributed by atoms with Crippen LogP contribution in [0.1, 0.15) is 46.7 Å². The number of aryl methyl sites for hydroxylation is 1. The second-order valence-electron chi connectivity index (χ2n) is 9.07. The van der Waals surface area contributed by atoms with Gasteiger partial charge in [0.2, 0.25) is 0 Å². The van der Waals surface area contributed by atoms with Gasteiger partial charge >= 0.3 is 0 Å². The third kappa shape index (κ3) is 4.40. The maximum Gasteiger partial charge on any atom is 0.278 e. The van der Waals surface area contributed by atoms with Crippen LogP contribution in [0.15, 0.2) is 39.8 Å². The van der Waals surface area contributed by atoms with Gasteiger partial charge in [-0.1, -0.05) is 23.7 Å². The Morgan fingerprint density at radius 2 is 1.91 bits per heavy atom. The maximum absolute atomic E-state index is 14.0. The van der Waals surface area contributed by atoms with Crippen molar-refractivity contribution in [2.24, 2.45) is 0 Å². The van der Waals surface area contributed by atoms with Crippen LogP contribution >= 0.6 is 0 Å². The number of amides is 1. The summed E-state index contributed by atoms with van der Waals surface area (Å²) in [5.74, 6) is -0.636. The molecule has 178 valence electrons. The van der Waals surface area contributed by atoms with Gasteiger partial charge in [-0.15, -0.1) is 0 Å². The summed E-state index contributed by atoms with van der Waals surface area (Å²) >= 11 is 0. The molecule has 3 aromatic rings. The summed E-state index contributed by atoms with van der Waals surface area (Å²) in [6.07, 6.45) is 4.18. The van der Waals surface area contributed by atoms with Gasteiger partial charge in [0.15, 0.2) is 5.69 Å². The van der Waals surface area contributed by atoms with Crippen molar-refractivity contribution in [1.29, 1.82) is 0 Å². The maximum atomic E-state index is 14.0. The number of likely N-dealkylation sites (tertiary alicyclic amines) is 1. The van der Waals surface area contributed by atoms with E-state index in [2.05, 4.69) is 15.2 Å².